The van der Waals surface area contributed by atoms with Crippen LogP contribution in [0.15, 0.2) is 0 Å². The van der Waals surface area contributed by atoms with Crippen molar-refractivity contribution in [1.82, 2.24) is 0 Å². The van der Waals surface area contributed by atoms with Gasteiger partial charge < -0.3 is 15.3 Å². The molecule has 0 aromatic rings. The minimum absolute atomic E-state index is 0. The normalized spacial score (nSPS) is 8.92. The monoisotopic (exact) mass is 234 g/mol. The van der Waals surface area contributed by atoms with Crippen molar-refractivity contribution >= 4 is 87.4 Å². The molecule has 0 aromatic heterocycles. The fourth-order valence-electron chi connectivity index (χ4n) is 0. The molecule has 12 heavy (non-hydrogen) atoms. The van der Waals surface area contributed by atoms with E-state index < -0.39 is 18.0 Å². The SMILES string of the molecule is CC(=O)O.CC(O)C(=O)O.[CaH2].[CaH2]. The van der Waals surface area contributed by atoms with E-state index in [1.54, 1.807) is 0 Å². The van der Waals surface area contributed by atoms with Crippen molar-refractivity contribution in [3.63, 3.8) is 0 Å². The molecule has 1 unspecified atom stereocenters. The van der Waals surface area contributed by atoms with E-state index in [1.165, 1.54) is 6.92 Å². The van der Waals surface area contributed by atoms with Crippen molar-refractivity contribution in [1.29, 1.82) is 0 Å². The summed E-state index contributed by atoms with van der Waals surface area (Å²) in [7, 11) is 0. The van der Waals surface area contributed by atoms with Crippen molar-refractivity contribution in [2.75, 3.05) is 0 Å². The molecule has 0 bridgehead atoms. The summed E-state index contributed by atoms with van der Waals surface area (Å²) in [5.74, 6) is -2.02. The molecular weight excluding hydrogens is 220 g/mol. The molecule has 0 heterocycles. The quantitative estimate of drug-likeness (QED) is 0.444. The van der Waals surface area contributed by atoms with Crippen LogP contribution >= 0.6 is 0 Å². The second-order valence-corrected chi connectivity index (χ2v) is 1.53. The molecule has 5 nitrogen and oxygen atoms in total. The zero-order valence-electron chi connectivity index (χ0n) is 5.74. The summed E-state index contributed by atoms with van der Waals surface area (Å²) in [5.41, 5.74) is 0. The Kier molecular flexibility index (Phi) is 29.0. The van der Waals surface area contributed by atoms with Crippen LogP contribution in [0.4, 0.5) is 0 Å². The Labute approximate surface area is 130 Å². The van der Waals surface area contributed by atoms with Crippen LogP contribution < -0.4 is 0 Å². The van der Waals surface area contributed by atoms with E-state index in [0.717, 1.165) is 6.92 Å². The van der Waals surface area contributed by atoms with Gasteiger partial charge in [0, 0.05) is 6.92 Å². The second kappa shape index (κ2) is 14.9. The van der Waals surface area contributed by atoms with Gasteiger partial charge in [0.2, 0.25) is 0 Å². The molecule has 0 radical (unpaired) electrons. The molecule has 0 rings (SSSR count). The zero-order chi connectivity index (χ0) is 8.73. The first-order valence-electron chi connectivity index (χ1n) is 2.48. The van der Waals surface area contributed by atoms with E-state index in [4.69, 9.17) is 20.1 Å². The Morgan fingerprint density at radius 3 is 1.25 bits per heavy atom. The van der Waals surface area contributed by atoms with E-state index in [0.29, 0.717) is 0 Å². The van der Waals surface area contributed by atoms with E-state index >= 15 is 0 Å². The van der Waals surface area contributed by atoms with Gasteiger partial charge in [-0.05, 0) is 6.92 Å². The van der Waals surface area contributed by atoms with Crippen molar-refractivity contribution < 1.29 is 24.9 Å². The summed E-state index contributed by atoms with van der Waals surface area (Å²) < 4.78 is 0. The van der Waals surface area contributed by atoms with Gasteiger partial charge in [0.25, 0.3) is 5.97 Å². The molecule has 7 heteroatoms. The minimum atomic E-state index is -1.23. The summed E-state index contributed by atoms with van der Waals surface area (Å²) in [4.78, 5) is 18.4. The summed E-state index contributed by atoms with van der Waals surface area (Å²) in [5, 5.41) is 23.2. The number of rotatable bonds is 1. The molecule has 0 amide bonds. The molecule has 0 saturated carbocycles. The number of carbonyl (C=O) groups is 2. The van der Waals surface area contributed by atoms with Crippen LogP contribution in [0.25, 0.3) is 0 Å². The van der Waals surface area contributed by atoms with Crippen LogP contribution in [0.1, 0.15) is 13.8 Å². The maximum atomic E-state index is 9.45. The van der Waals surface area contributed by atoms with Gasteiger partial charge in [0.05, 0.1) is 0 Å². The third-order valence-corrected chi connectivity index (χ3v) is 0.357. The van der Waals surface area contributed by atoms with Crippen molar-refractivity contribution in [3.05, 3.63) is 0 Å². The Morgan fingerprint density at radius 1 is 1.17 bits per heavy atom. The topological polar surface area (TPSA) is 94.8 Å². The Bertz CT molecular complexity index is 121. The summed E-state index contributed by atoms with van der Waals surface area (Å²) >= 11 is 0. The molecular formula is C5H14Ca2O5. The molecule has 68 valence electrons. The molecule has 0 aliphatic rings. The number of aliphatic hydroxyl groups is 1. The number of aliphatic hydroxyl groups excluding tert-OH is 1. The van der Waals surface area contributed by atoms with Gasteiger partial charge in [-0.3, -0.25) is 4.79 Å². The number of hydrogen-bond acceptors (Lipinski definition) is 3. The average molecular weight is 234 g/mol. The fourth-order valence-corrected chi connectivity index (χ4v) is 0. The Morgan fingerprint density at radius 2 is 1.25 bits per heavy atom. The third-order valence-electron chi connectivity index (χ3n) is 0.357. The standard InChI is InChI=1S/C3H6O3.C2H4O2.2Ca.4H/c1-2(4)3(5)6;1-2(3)4;;;;;;/h2,4H,1H3,(H,5,6);1H3,(H,3,4);;;;;;. The predicted molar refractivity (Wildman–Crippen MR) is 49.7 cm³/mol. The molecule has 0 fully saturated rings. The molecule has 0 aliphatic carbocycles. The van der Waals surface area contributed by atoms with Crippen LogP contribution in [0.5, 0.6) is 0 Å². The van der Waals surface area contributed by atoms with E-state index in [9.17, 15) is 4.79 Å². The molecule has 0 aromatic carbocycles. The van der Waals surface area contributed by atoms with Gasteiger partial charge >= 0.3 is 81.4 Å². The first kappa shape index (κ1) is 23.3. The summed E-state index contributed by atoms with van der Waals surface area (Å²) in [6.45, 7) is 2.28. The van der Waals surface area contributed by atoms with E-state index in [1.807, 2.05) is 0 Å². The average Bonchev–Trinajstić information content (AvgIpc) is 1.63. The Hall–Kier alpha value is 1.42. The van der Waals surface area contributed by atoms with Crippen LogP contribution in [0.2, 0.25) is 0 Å². The molecule has 1 atom stereocenters. The van der Waals surface area contributed by atoms with Crippen molar-refractivity contribution in [2.45, 2.75) is 20.0 Å². The van der Waals surface area contributed by atoms with E-state index in [-0.39, 0.29) is 75.5 Å². The van der Waals surface area contributed by atoms with Crippen LogP contribution in [0, 0.1) is 0 Å². The van der Waals surface area contributed by atoms with Crippen LogP contribution in [0.3, 0.4) is 0 Å². The van der Waals surface area contributed by atoms with Gasteiger partial charge in [0.15, 0.2) is 0 Å². The number of carboxylic acid groups (broad SMARTS) is 2. The molecule has 0 aliphatic heterocycles. The predicted octanol–water partition coefficient (Wildman–Crippen LogP) is -2.29. The molecule has 0 spiro atoms. The Balaban J connectivity index is -0.0000000483. The maximum absolute atomic E-state index is 9.45. The van der Waals surface area contributed by atoms with Crippen molar-refractivity contribution in [3.8, 4) is 0 Å². The first-order chi connectivity index (χ1) is 4.37. The van der Waals surface area contributed by atoms with E-state index in [2.05, 4.69) is 0 Å². The second-order valence-electron chi connectivity index (χ2n) is 1.53. The zero-order valence-corrected chi connectivity index (χ0v) is 5.74. The summed E-state index contributed by atoms with van der Waals surface area (Å²) in [6, 6.07) is 0. The van der Waals surface area contributed by atoms with Gasteiger partial charge in [-0.15, -0.1) is 0 Å². The van der Waals surface area contributed by atoms with Gasteiger partial charge in [0.1, 0.15) is 6.10 Å². The van der Waals surface area contributed by atoms with Crippen LogP contribution in [-0.2, 0) is 9.59 Å². The number of carboxylic acids is 2. The van der Waals surface area contributed by atoms with Crippen LogP contribution in [-0.4, -0.2) is 109 Å². The first-order valence-corrected chi connectivity index (χ1v) is 2.48. The van der Waals surface area contributed by atoms with Gasteiger partial charge in [-0.25, -0.2) is 4.79 Å². The number of aliphatic carboxylic acids is 2. The fraction of sp³-hybridized carbons (Fsp3) is 0.600. The number of hydrogen-bond donors (Lipinski definition) is 3. The van der Waals surface area contributed by atoms with Gasteiger partial charge in [-0.2, -0.15) is 0 Å². The van der Waals surface area contributed by atoms with Gasteiger partial charge in [-0.1, -0.05) is 0 Å². The van der Waals surface area contributed by atoms with Crippen molar-refractivity contribution in [2.24, 2.45) is 0 Å². The molecule has 3 N–H and O–H groups in total. The third kappa shape index (κ3) is 42.2. The summed E-state index contributed by atoms with van der Waals surface area (Å²) in [6.07, 6.45) is -1.23. The molecule has 0 saturated heterocycles.